The van der Waals surface area contributed by atoms with Gasteiger partial charge in [-0.25, -0.2) is 0 Å². The molecule has 0 fully saturated rings. The fraction of sp³-hybridized carbons (Fsp3) is 0.160. The lowest BCUT2D eigenvalue weighted by atomic mass is 9.87. The molecular weight excluding hydrogens is 401 g/mol. The van der Waals surface area contributed by atoms with Crippen molar-refractivity contribution in [3.05, 3.63) is 107 Å². The quantitative estimate of drug-likeness (QED) is 0.425. The summed E-state index contributed by atoms with van der Waals surface area (Å²) in [4.78, 5) is 11.9. The highest BCUT2D eigenvalue weighted by Crippen LogP contribution is 2.37. The summed E-state index contributed by atoms with van der Waals surface area (Å²) in [5, 5.41) is 0.891. The highest BCUT2D eigenvalue weighted by molar-refractivity contribution is 5.86. The maximum Gasteiger partial charge on any atom is 0.416 e. The fourth-order valence-electron chi connectivity index (χ4n) is 4.00. The van der Waals surface area contributed by atoms with Crippen LogP contribution in [-0.4, -0.2) is 10.5 Å². The van der Waals surface area contributed by atoms with Crippen LogP contribution in [0, 0.1) is 0 Å². The van der Waals surface area contributed by atoms with E-state index in [9.17, 15) is 18.0 Å². The van der Waals surface area contributed by atoms with E-state index in [4.69, 9.17) is 5.73 Å². The molecule has 0 unspecified atom stereocenters. The van der Waals surface area contributed by atoms with Gasteiger partial charge in [0.15, 0.2) is 0 Å². The number of amides is 1. The van der Waals surface area contributed by atoms with Gasteiger partial charge in [0.2, 0.25) is 5.91 Å². The Morgan fingerprint density at radius 2 is 1.65 bits per heavy atom. The summed E-state index contributed by atoms with van der Waals surface area (Å²) in [5.41, 5.74) is 8.00. The molecule has 1 heterocycles. The van der Waals surface area contributed by atoms with Crippen molar-refractivity contribution in [2.75, 3.05) is 0 Å². The standard InChI is InChI=1S/C25H21F3N2O/c26-25(27,28)19-10-6-9-18(13-19)21(14-24(29)31)22-16-30(15-17-7-2-1-3-8-17)23-12-5-4-11-20(22)23/h1-13,16,21H,14-15H2,(H2,29,31)/t21-/m0/s1. The normalized spacial score (nSPS) is 12.7. The van der Waals surface area contributed by atoms with Crippen molar-refractivity contribution in [2.45, 2.75) is 25.1 Å². The number of halogens is 3. The average Bonchev–Trinajstić information content (AvgIpc) is 3.10. The molecule has 3 nitrogen and oxygen atoms in total. The lowest BCUT2D eigenvalue weighted by Gasteiger charge is -2.17. The summed E-state index contributed by atoms with van der Waals surface area (Å²) in [5.74, 6) is -1.15. The zero-order chi connectivity index (χ0) is 22.0. The van der Waals surface area contributed by atoms with Crippen LogP contribution in [0.2, 0.25) is 0 Å². The Labute approximate surface area is 177 Å². The number of nitrogens with two attached hydrogens (primary N) is 1. The first-order chi connectivity index (χ1) is 14.8. The van der Waals surface area contributed by atoms with Crippen LogP contribution in [0.15, 0.2) is 85.1 Å². The topological polar surface area (TPSA) is 48.0 Å². The predicted octanol–water partition coefficient (Wildman–Crippen LogP) is 5.72. The average molecular weight is 422 g/mol. The van der Waals surface area contributed by atoms with Crippen LogP contribution >= 0.6 is 0 Å². The molecular formula is C25H21F3N2O. The third kappa shape index (κ3) is 4.48. The van der Waals surface area contributed by atoms with Crippen LogP contribution in [0.25, 0.3) is 10.9 Å². The van der Waals surface area contributed by atoms with Crippen LogP contribution in [0.5, 0.6) is 0 Å². The Balaban J connectivity index is 1.84. The smallest absolute Gasteiger partial charge is 0.370 e. The minimum Gasteiger partial charge on any atom is -0.370 e. The van der Waals surface area contributed by atoms with Crippen molar-refractivity contribution in [3.8, 4) is 0 Å². The Morgan fingerprint density at radius 1 is 0.935 bits per heavy atom. The van der Waals surface area contributed by atoms with Gasteiger partial charge in [-0.2, -0.15) is 13.2 Å². The molecule has 0 aliphatic heterocycles. The second-order valence-corrected chi connectivity index (χ2v) is 7.56. The maximum absolute atomic E-state index is 13.3. The maximum atomic E-state index is 13.3. The van der Waals surface area contributed by atoms with Crippen molar-refractivity contribution in [1.29, 1.82) is 0 Å². The van der Waals surface area contributed by atoms with Crippen LogP contribution in [0.3, 0.4) is 0 Å². The molecule has 2 N–H and O–H groups in total. The number of hydrogen-bond donors (Lipinski definition) is 1. The molecule has 0 bridgehead atoms. The lowest BCUT2D eigenvalue weighted by molar-refractivity contribution is -0.137. The molecule has 0 aliphatic rings. The Morgan fingerprint density at radius 3 is 2.35 bits per heavy atom. The molecule has 4 aromatic rings. The number of hydrogen-bond acceptors (Lipinski definition) is 1. The van der Waals surface area contributed by atoms with E-state index in [0.29, 0.717) is 12.1 Å². The molecule has 1 atom stereocenters. The second kappa shape index (κ2) is 8.30. The van der Waals surface area contributed by atoms with Crippen LogP contribution < -0.4 is 5.73 Å². The molecule has 0 saturated carbocycles. The summed E-state index contributed by atoms with van der Waals surface area (Å²) in [6.45, 7) is 0.604. The van der Waals surface area contributed by atoms with Crippen molar-refractivity contribution >= 4 is 16.8 Å². The van der Waals surface area contributed by atoms with Crippen molar-refractivity contribution < 1.29 is 18.0 Å². The van der Waals surface area contributed by atoms with Gasteiger partial charge in [0, 0.05) is 36.0 Å². The molecule has 0 saturated heterocycles. The number of carbonyl (C=O) groups is 1. The van der Waals surface area contributed by atoms with E-state index in [-0.39, 0.29) is 6.42 Å². The zero-order valence-electron chi connectivity index (χ0n) is 16.6. The van der Waals surface area contributed by atoms with Crippen molar-refractivity contribution in [1.82, 2.24) is 4.57 Å². The number of primary amides is 1. The van der Waals surface area contributed by atoms with Gasteiger partial charge in [0.25, 0.3) is 0 Å². The van der Waals surface area contributed by atoms with Gasteiger partial charge in [0.1, 0.15) is 0 Å². The van der Waals surface area contributed by atoms with Crippen molar-refractivity contribution in [3.63, 3.8) is 0 Å². The molecule has 3 aromatic carbocycles. The number of rotatable bonds is 6. The van der Waals surface area contributed by atoms with Gasteiger partial charge in [-0.3, -0.25) is 4.79 Å². The van der Waals surface area contributed by atoms with Gasteiger partial charge < -0.3 is 10.3 Å². The van der Waals surface area contributed by atoms with E-state index in [2.05, 4.69) is 4.57 Å². The second-order valence-electron chi connectivity index (χ2n) is 7.56. The van der Waals surface area contributed by atoms with Gasteiger partial charge >= 0.3 is 6.18 Å². The van der Waals surface area contributed by atoms with E-state index in [0.717, 1.165) is 34.2 Å². The first kappa shape index (κ1) is 20.7. The predicted molar refractivity (Wildman–Crippen MR) is 115 cm³/mol. The number of para-hydroxylation sites is 1. The Hall–Kier alpha value is -3.54. The third-order valence-corrected chi connectivity index (χ3v) is 5.41. The first-order valence-electron chi connectivity index (χ1n) is 9.90. The van der Waals surface area contributed by atoms with E-state index in [1.54, 1.807) is 6.07 Å². The Bertz CT molecular complexity index is 1210. The minimum atomic E-state index is -4.46. The minimum absolute atomic E-state index is 0.0827. The lowest BCUT2D eigenvalue weighted by Crippen LogP contribution is -2.17. The number of benzene rings is 3. The monoisotopic (exact) mass is 422 g/mol. The van der Waals surface area contributed by atoms with Crippen LogP contribution in [-0.2, 0) is 17.5 Å². The molecule has 158 valence electrons. The highest BCUT2D eigenvalue weighted by atomic mass is 19.4. The fourth-order valence-corrected chi connectivity index (χ4v) is 4.00. The molecule has 1 amide bonds. The third-order valence-electron chi connectivity index (χ3n) is 5.41. The summed E-state index contributed by atoms with van der Waals surface area (Å²) >= 11 is 0. The van der Waals surface area contributed by atoms with Gasteiger partial charge in [0.05, 0.1) is 5.56 Å². The SMILES string of the molecule is NC(=O)C[C@@H](c1cccc(C(F)(F)F)c1)c1cn(Cc2ccccc2)c2ccccc12. The largest absolute Gasteiger partial charge is 0.416 e. The van der Waals surface area contributed by atoms with Crippen LogP contribution in [0.1, 0.15) is 34.6 Å². The first-order valence-corrected chi connectivity index (χ1v) is 9.90. The molecule has 0 radical (unpaired) electrons. The molecule has 0 aliphatic carbocycles. The molecule has 0 spiro atoms. The number of aromatic nitrogens is 1. The number of alkyl halides is 3. The van der Waals surface area contributed by atoms with Gasteiger partial charge in [-0.1, -0.05) is 66.7 Å². The molecule has 4 rings (SSSR count). The van der Waals surface area contributed by atoms with E-state index < -0.39 is 23.6 Å². The molecule has 1 aromatic heterocycles. The van der Waals surface area contributed by atoms with Gasteiger partial charge in [-0.05, 0) is 28.8 Å². The molecule has 6 heteroatoms. The molecule has 31 heavy (non-hydrogen) atoms. The van der Waals surface area contributed by atoms with Crippen molar-refractivity contribution in [2.24, 2.45) is 5.73 Å². The zero-order valence-corrected chi connectivity index (χ0v) is 16.6. The Kier molecular flexibility index (Phi) is 5.55. The number of fused-ring (bicyclic) bond motifs is 1. The summed E-state index contributed by atoms with van der Waals surface area (Å²) in [6.07, 6.45) is -2.62. The van der Waals surface area contributed by atoms with Gasteiger partial charge in [-0.15, -0.1) is 0 Å². The number of carbonyl (C=O) groups excluding carboxylic acids is 1. The van der Waals surface area contributed by atoms with E-state index >= 15 is 0 Å². The summed E-state index contributed by atoms with van der Waals surface area (Å²) < 4.78 is 42.0. The summed E-state index contributed by atoms with van der Waals surface area (Å²) in [6, 6.07) is 22.7. The highest BCUT2D eigenvalue weighted by Gasteiger charge is 2.31. The number of nitrogens with zero attached hydrogens (tertiary/aromatic N) is 1. The van der Waals surface area contributed by atoms with E-state index in [1.165, 1.54) is 6.07 Å². The van der Waals surface area contributed by atoms with Crippen LogP contribution in [0.4, 0.5) is 13.2 Å². The summed E-state index contributed by atoms with van der Waals surface area (Å²) in [7, 11) is 0. The van der Waals surface area contributed by atoms with E-state index in [1.807, 2.05) is 60.8 Å².